The maximum Gasteiger partial charge on any atom is 0.239 e. The summed E-state index contributed by atoms with van der Waals surface area (Å²) in [6.45, 7) is 4.18. The highest BCUT2D eigenvalue weighted by atomic mass is 35.5. The van der Waals surface area contributed by atoms with Crippen molar-refractivity contribution in [2.24, 2.45) is 17.6 Å². The highest BCUT2D eigenvalue weighted by Gasteiger charge is 2.31. The molecule has 0 bridgehead atoms. The van der Waals surface area contributed by atoms with Gasteiger partial charge in [-0.2, -0.15) is 0 Å². The number of nitrogens with two attached hydrogens (primary N) is 1. The first kappa shape index (κ1) is 26.4. The second-order valence-corrected chi connectivity index (χ2v) is 7.44. The molecular formula is C19H33Cl3N4O. The minimum atomic E-state index is -0.472. The summed E-state index contributed by atoms with van der Waals surface area (Å²) >= 11 is 0. The Morgan fingerprint density at radius 2 is 1.63 bits per heavy atom. The highest BCUT2D eigenvalue weighted by molar-refractivity contribution is 5.86. The van der Waals surface area contributed by atoms with Crippen LogP contribution in [0, 0.1) is 11.8 Å². The van der Waals surface area contributed by atoms with Gasteiger partial charge in [0.1, 0.15) is 0 Å². The molecule has 8 heteroatoms. The van der Waals surface area contributed by atoms with Gasteiger partial charge in [-0.25, -0.2) is 0 Å². The Balaban J connectivity index is 0.00000225. The van der Waals surface area contributed by atoms with Crippen molar-refractivity contribution in [1.29, 1.82) is 0 Å². The van der Waals surface area contributed by atoms with E-state index in [1.54, 1.807) is 6.20 Å². The molecule has 0 aliphatic carbocycles. The summed E-state index contributed by atoms with van der Waals surface area (Å²) in [7, 11) is 2.21. The van der Waals surface area contributed by atoms with E-state index in [0.29, 0.717) is 6.42 Å². The van der Waals surface area contributed by atoms with Crippen molar-refractivity contribution < 1.29 is 4.79 Å². The number of pyridine rings is 1. The molecule has 0 aromatic carbocycles. The van der Waals surface area contributed by atoms with Crippen molar-refractivity contribution >= 4 is 43.1 Å². The van der Waals surface area contributed by atoms with Crippen LogP contribution in [0.4, 0.5) is 0 Å². The molecular weight excluding hydrogens is 407 g/mol. The number of piperidine rings is 2. The van der Waals surface area contributed by atoms with Crippen molar-refractivity contribution in [2.75, 3.05) is 33.2 Å². The fourth-order valence-electron chi connectivity index (χ4n) is 4.16. The van der Waals surface area contributed by atoms with Gasteiger partial charge < -0.3 is 15.5 Å². The minimum absolute atomic E-state index is 0. The van der Waals surface area contributed by atoms with Crippen LogP contribution in [-0.2, 0) is 11.2 Å². The number of hydrogen-bond donors (Lipinski definition) is 1. The van der Waals surface area contributed by atoms with Crippen molar-refractivity contribution in [2.45, 2.75) is 38.1 Å². The summed E-state index contributed by atoms with van der Waals surface area (Å²) < 4.78 is 0. The first-order valence-corrected chi connectivity index (χ1v) is 9.26. The number of aromatic nitrogens is 1. The Morgan fingerprint density at radius 1 is 1.07 bits per heavy atom. The lowest BCUT2D eigenvalue weighted by molar-refractivity contribution is -0.134. The number of amides is 1. The zero-order valence-electron chi connectivity index (χ0n) is 16.0. The predicted octanol–water partition coefficient (Wildman–Crippen LogP) is 2.80. The molecule has 0 spiro atoms. The topological polar surface area (TPSA) is 62.5 Å². The Hall–Kier alpha value is -0.590. The average molecular weight is 440 g/mol. The van der Waals surface area contributed by atoms with E-state index in [-0.39, 0.29) is 43.1 Å². The van der Waals surface area contributed by atoms with E-state index in [2.05, 4.69) is 16.9 Å². The molecule has 3 heterocycles. The molecule has 2 fully saturated rings. The van der Waals surface area contributed by atoms with Gasteiger partial charge in [-0.1, -0.05) is 6.07 Å². The quantitative estimate of drug-likeness (QED) is 0.783. The summed E-state index contributed by atoms with van der Waals surface area (Å²) in [5.41, 5.74) is 7.02. The zero-order valence-corrected chi connectivity index (χ0v) is 18.4. The fourth-order valence-corrected chi connectivity index (χ4v) is 4.16. The van der Waals surface area contributed by atoms with Crippen LogP contribution in [0.3, 0.4) is 0 Å². The van der Waals surface area contributed by atoms with Gasteiger partial charge in [0, 0.05) is 31.4 Å². The van der Waals surface area contributed by atoms with Gasteiger partial charge in [0.15, 0.2) is 0 Å². The van der Waals surface area contributed by atoms with Crippen LogP contribution >= 0.6 is 37.2 Å². The van der Waals surface area contributed by atoms with Gasteiger partial charge in [-0.05, 0) is 69.8 Å². The lowest BCUT2D eigenvalue weighted by atomic mass is 9.79. The number of carbonyl (C=O) groups excluding carboxylic acids is 1. The van der Waals surface area contributed by atoms with Crippen LogP contribution in [0.2, 0.25) is 0 Å². The smallest absolute Gasteiger partial charge is 0.239 e. The van der Waals surface area contributed by atoms with Gasteiger partial charge in [0.25, 0.3) is 0 Å². The molecule has 2 aliphatic rings. The molecule has 1 atom stereocenters. The van der Waals surface area contributed by atoms with E-state index in [0.717, 1.165) is 43.5 Å². The standard InChI is InChI=1S/C19H30N4O.3ClH/c1-22-10-5-15(6-11-22)16-7-12-23(13-8-16)19(24)18(20)14-17-4-2-3-9-21-17;;;/h2-4,9,15-16,18H,5-8,10-14,20H2,1H3;3*1H/t18-;;;/m1.../s1. The average Bonchev–Trinajstić information content (AvgIpc) is 2.63. The molecule has 3 rings (SSSR count). The van der Waals surface area contributed by atoms with Gasteiger partial charge in [0.2, 0.25) is 5.91 Å². The Morgan fingerprint density at radius 3 is 2.15 bits per heavy atom. The molecule has 27 heavy (non-hydrogen) atoms. The number of halogens is 3. The van der Waals surface area contributed by atoms with Crippen LogP contribution in [0.25, 0.3) is 0 Å². The van der Waals surface area contributed by atoms with E-state index < -0.39 is 6.04 Å². The van der Waals surface area contributed by atoms with Crippen molar-refractivity contribution in [1.82, 2.24) is 14.8 Å². The number of nitrogens with zero attached hydrogens (tertiary/aromatic N) is 3. The third-order valence-corrected chi connectivity index (χ3v) is 5.75. The number of carbonyl (C=O) groups is 1. The molecule has 0 unspecified atom stereocenters. The summed E-state index contributed by atoms with van der Waals surface area (Å²) in [6, 6.07) is 5.27. The van der Waals surface area contributed by atoms with E-state index in [9.17, 15) is 4.79 Å². The van der Waals surface area contributed by atoms with Crippen LogP contribution in [-0.4, -0.2) is 60.0 Å². The first-order valence-electron chi connectivity index (χ1n) is 9.26. The SMILES string of the molecule is CN1CCC(C2CCN(C(=O)[C@H](N)Cc3ccccn3)CC2)CC1.Cl.Cl.Cl. The maximum atomic E-state index is 12.6. The van der Waals surface area contributed by atoms with Gasteiger partial charge in [0.05, 0.1) is 6.04 Å². The van der Waals surface area contributed by atoms with E-state index in [4.69, 9.17) is 5.73 Å². The van der Waals surface area contributed by atoms with E-state index in [1.165, 1.54) is 25.9 Å². The molecule has 2 saturated heterocycles. The van der Waals surface area contributed by atoms with Crippen LogP contribution in [0.5, 0.6) is 0 Å². The summed E-state index contributed by atoms with van der Waals surface area (Å²) in [5.74, 6) is 1.72. The molecule has 2 aliphatic heterocycles. The fraction of sp³-hybridized carbons (Fsp3) is 0.684. The first-order chi connectivity index (χ1) is 11.6. The van der Waals surface area contributed by atoms with Crippen molar-refractivity contribution in [3.8, 4) is 0 Å². The summed E-state index contributed by atoms with van der Waals surface area (Å²) in [5, 5.41) is 0. The number of hydrogen-bond acceptors (Lipinski definition) is 4. The number of likely N-dealkylation sites (tertiary alicyclic amines) is 2. The zero-order chi connectivity index (χ0) is 16.9. The Bertz CT molecular complexity index is 533. The molecule has 5 nitrogen and oxygen atoms in total. The normalized spacial score (nSPS) is 20.0. The van der Waals surface area contributed by atoms with Crippen LogP contribution in [0.15, 0.2) is 24.4 Å². The third kappa shape index (κ3) is 7.39. The Kier molecular flexibility index (Phi) is 12.5. The number of rotatable bonds is 4. The van der Waals surface area contributed by atoms with Crippen molar-refractivity contribution in [3.63, 3.8) is 0 Å². The molecule has 156 valence electrons. The van der Waals surface area contributed by atoms with E-state index >= 15 is 0 Å². The summed E-state index contributed by atoms with van der Waals surface area (Å²) in [4.78, 5) is 21.3. The largest absolute Gasteiger partial charge is 0.341 e. The molecule has 0 radical (unpaired) electrons. The minimum Gasteiger partial charge on any atom is -0.341 e. The third-order valence-electron chi connectivity index (χ3n) is 5.75. The maximum absolute atomic E-state index is 12.6. The lowest BCUT2D eigenvalue weighted by Crippen LogP contribution is -2.49. The molecule has 2 N–H and O–H groups in total. The molecule has 0 saturated carbocycles. The Labute approximate surface area is 181 Å². The molecule has 1 aromatic rings. The van der Waals surface area contributed by atoms with Crippen LogP contribution in [0.1, 0.15) is 31.4 Å². The van der Waals surface area contributed by atoms with Crippen LogP contribution < -0.4 is 5.73 Å². The second-order valence-electron chi connectivity index (χ2n) is 7.44. The molecule has 1 aromatic heterocycles. The van der Waals surface area contributed by atoms with Gasteiger partial charge >= 0.3 is 0 Å². The van der Waals surface area contributed by atoms with Gasteiger partial charge in [-0.3, -0.25) is 9.78 Å². The molecule has 1 amide bonds. The monoisotopic (exact) mass is 438 g/mol. The van der Waals surface area contributed by atoms with E-state index in [1.807, 2.05) is 23.1 Å². The lowest BCUT2D eigenvalue weighted by Gasteiger charge is -2.40. The summed E-state index contributed by atoms with van der Waals surface area (Å²) in [6.07, 6.45) is 7.17. The van der Waals surface area contributed by atoms with Crippen molar-refractivity contribution in [3.05, 3.63) is 30.1 Å². The highest BCUT2D eigenvalue weighted by Crippen LogP contribution is 2.32. The predicted molar refractivity (Wildman–Crippen MR) is 117 cm³/mol. The second kappa shape index (κ2) is 12.8. The van der Waals surface area contributed by atoms with Gasteiger partial charge in [-0.15, -0.1) is 37.2 Å².